The third-order valence-electron chi connectivity index (χ3n) is 3.95. The Hall–Kier alpha value is -2.86. The zero-order valence-electron chi connectivity index (χ0n) is 14.1. The van der Waals surface area contributed by atoms with E-state index in [1.165, 1.54) is 0 Å². The smallest absolute Gasteiger partial charge is 0.285 e. The molecule has 0 spiro atoms. The van der Waals surface area contributed by atoms with Gasteiger partial charge in [0.25, 0.3) is 5.56 Å². The number of amides is 1. The molecule has 0 fully saturated rings. The van der Waals surface area contributed by atoms with Crippen molar-refractivity contribution < 1.29 is 14.3 Å². The van der Waals surface area contributed by atoms with E-state index in [-0.39, 0.29) is 12.1 Å². The van der Waals surface area contributed by atoms with Gasteiger partial charge in [-0.15, -0.1) is 0 Å². The van der Waals surface area contributed by atoms with Gasteiger partial charge in [0, 0.05) is 16.6 Å². The molecule has 1 amide bonds. The van der Waals surface area contributed by atoms with E-state index < -0.39 is 11.5 Å². The Morgan fingerprint density at radius 1 is 1.35 bits per heavy atom. The number of aromatic nitrogens is 2. The molecule has 134 valence electrons. The monoisotopic (exact) mass is 418 g/mol. The maximum Gasteiger partial charge on any atom is 0.285 e. The van der Waals surface area contributed by atoms with Gasteiger partial charge in [0.1, 0.15) is 31.4 Å². The summed E-state index contributed by atoms with van der Waals surface area (Å²) in [5, 5.41) is 15.9. The first-order valence-corrected chi connectivity index (χ1v) is 8.57. The number of aryl methyl sites for hydroxylation is 1. The molecular formula is C17H15BrN4O4. The van der Waals surface area contributed by atoms with Crippen LogP contribution in [0.5, 0.6) is 11.5 Å². The summed E-state index contributed by atoms with van der Waals surface area (Å²) < 4.78 is 12.6. The van der Waals surface area contributed by atoms with Gasteiger partial charge in [-0.1, -0.05) is 0 Å². The van der Waals surface area contributed by atoms with Gasteiger partial charge >= 0.3 is 0 Å². The molecule has 2 heterocycles. The van der Waals surface area contributed by atoms with Crippen molar-refractivity contribution in [2.75, 3.05) is 18.5 Å². The van der Waals surface area contributed by atoms with Crippen molar-refractivity contribution in [1.82, 2.24) is 9.78 Å². The van der Waals surface area contributed by atoms with Gasteiger partial charge in [-0.05, 0) is 35.3 Å². The molecule has 1 N–H and O–H groups in total. The highest BCUT2D eigenvalue weighted by Crippen LogP contribution is 2.38. The van der Waals surface area contributed by atoms with Crippen LogP contribution in [0.3, 0.4) is 0 Å². The van der Waals surface area contributed by atoms with Crippen molar-refractivity contribution in [2.24, 2.45) is 0 Å². The van der Waals surface area contributed by atoms with Gasteiger partial charge < -0.3 is 14.8 Å². The van der Waals surface area contributed by atoms with Crippen molar-refractivity contribution in [2.45, 2.75) is 20.4 Å². The van der Waals surface area contributed by atoms with Crippen LogP contribution in [-0.2, 0) is 11.3 Å². The van der Waals surface area contributed by atoms with E-state index in [4.69, 9.17) is 14.7 Å². The number of hydrogen-bond acceptors (Lipinski definition) is 6. The van der Waals surface area contributed by atoms with E-state index in [1.807, 2.05) is 6.07 Å². The van der Waals surface area contributed by atoms with E-state index in [9.17, 15) is 9.59 Å². The zero-order chi connectivity index (χ0) is 18.8. The number of carbonyl (C=O) groups is 1. The van der Waals surface area contributed by atoms with Crippen LogP contribution in [0.2, 0.25) is 0 Å². The van der Waals surface area contributed by atoms with Gasteiger partial charge in [0.15, 0.2) is 11.5 Å². The number of benzene rings is 1. The molecule has 0 atom stereocenters. The molecule has 0 saturated heterocycles. The van der Waals surface area contributed by atoms with Crippen LogP contribution in [0.4, 0.5) is 5.69 Å². The molecule has 0 saturated carbocycles. The van der Waals surface area contributed by atoms with Crippen LogP contribution in [-0.4, -0.2) is 28.9 Å². The number of ether oxygens (including phenoxy) is 2. The summed E-state index contributed by atoms with van der Waals surface area (Å²) >= 11 is 3.37. The highest BCUT2D eigenvalue weighted by atomic mass is 79.9. The third kappa shape index (κ3) is 3.41. The Labute approximate surface area is 157 Å². The predicted molar refractivity (Wildman–Crippen MR) is 96.4 cm³/mol. The second-order valence-electron chi connectivity index (χ2n) is 5.68. The molecular weight excluding hydrogens is 404 g/mol. The average molecular weight is 419 g/mol. The van der Waals surface area contributed by atoms with Gasteiger partial charge in [-0.25, -0.2) is 4.68 Å². The number of carbonyl (C=O) groups excluding carboxylic acids is 1. The van der Waals surface area contributed by atoms with Crippen molar-refractivity contribution in [3.8, 4) is 17.6 Å². The lowest BCUT2D eigenvalue weighted by atomic mass is 10.1. The Kier molecular flexibility index (Phi) is 4.95. The maximum absolute atomic E-state index is 12.4. The molecule has 2 aromatic rings. The van der Waals surface area contributed by atoms with Gasteiger partial charge in [-0.2, -0.15) is 10.4 Å². The van der Waals surface area contributed by atoms with Crippen LogP contribution in [0.1, 0.15) is 16.8 Å². The van der Waals surface area contributed by atoms with Crippen LogP contribution in [0, 0.1) is 25.2 Å². The normalized spacial score (nSPS) is 12.4. The van der Waals surface area contributed by atoms with Crippen LogP contribution in [0.25, 0.3) is 0 Å². The van der Waals surface area contributed by atoms with Crippen molar-refractivity contribution in [3.63, 3.8) is 0 Å². The van der Waals surface area contributed by atoms with Crippen molar-refractivity contribution in [1.29, 1.82) is 5.26 Å². The van der Waals surface area contributed by atoms with E-state index in [0.29, 0.717) is 46.1 Å². The summed E-state index contributed by atoms with van der Waals surface area (Å²) in [5.74, 6) is 0.666. The lowest BCUT2D eigenvalue weighted by Crippen LogP contribution is -2.32. The molecule has 0 radical (unpaired) electrons. The molecule has 1 aliphatic heterocycles. The molecule has 0 aliphatic carbocycles. The predicted octanol–water partition coefficient (Wildman–Crippen LogP) is 1.90. The number of nitrogens with zero attached hydrogens (tertiary/aromatic N) is 3. The molecule has 1 aromatic carbocycles. The Balaban J connectivity index is 1.84. The summed E-state index contributed by atoms with van der Waals surface area (Å²) in [6, 6.07) is 5.22. The average Bonchev–Trinajstić information content (AvgIpc) is 2.61. The van der Waals surface area contributed by atoms with Gasteiger partial charge in [0.2, 0.25) is 5.91 Å². The zero-order valence-corrected chi connectivity index (χ0v) is 15.7. The summed E-state index contributed by atoms with van der Waals surface area (Å²) in [6.07, 6.45) is 0. The number of nitrogens with one attached hydrogen (secondary N) is 1. The Morgan fingerprint density at radius 2 is 2.00 bits per heavy atom. The largest absolute Gasteiger partial charge is 0.486 e. The molecule has 1 aromatic heterocycles. The van der Waals surface area contributed by atoms with E-state index >= 15 is 0 Å². The third-order valence-corrected chi connectivity index (χ3v) is 4.60. The minimum atomic E-state index is -0.591. The van der Waals surface area contributed by atoms with E-state index in [1.54, 1.807) is 26.0 Å². The summed E-state index contributed by atoms with van der Waals surface area (Å²) in [4.78, 5) is 24.6. The SMILES string of the molecule is Cc1nn(CC(=O)Nc2cc3c(cc2Br)OCCO3)c(=O)c(C#N)c1C. The van der Waals surface area contributed by atoms with Gasteiger partial charge in [-0.3, -0.25) is 9.59 Å². The van der Waals surface area contributed by atoms with Crippen molar-refractivity contribution in [3.05, 3.63) is 43.8 Å². The summed E-state index contributed by atoms with van der Waals surface area (Å²) in [5.41, 5.74) is 0.924. The number of halogens is 1. The van der Waals surface area contributed by atoms with Crippen molar-refractivity contribution >= 4 is 27.5 Å². The molecule has 26 heavy (non-hydrogen) atoms. The molecule has 1 aliphatic rings. The highest BCUT2D eigenvalue weighted by molar-refractivity contribution is 9.10. The second kappa shape index (κ2) is 7.17. The van der Waals surface area contributed by atoms with E-state index in [2.05, 4.69) is 26.3 Å². The minimum absolute atomic E-state index is 0.00851. The number of anilines is 1. The quantitative estimate of drug-likeness (QED) is 0.815. The van der Waals surface area contributed by atoms with Crippen LogP contribution in [0.15, 0.2) is 21.4 Å². The minimum Gasteiger partial charge on any atom is -0.486 e. The molecule has 8 nitrogen and oxygen atoms in total. The second-order valence-corrected chi connectivity index (χ2v) is 6.54. The highest BCUT2D eigenvalue weighted by Gasteiger charge is 2.18. The number of nitriles is 1. The van der Waals surface area contributed by atoms with Crippen LogP contribution < -0.4 is 20.3 Å². The van der Waals surface area contributed by atoms with Crippen LogP contribution >= 0.6 is 15.9 Å². The summed E-state index contributed by atoms with van der Waals surface area (Å²) in [7, 11) is 0. The Morgan fingerprint density at radius 3 is 2.65 bits per heavy atom. The maximum atomic E-state index is 12.4. The lowest BCUT2D eigenvalue weighted by Gasteiger charge is -2.20. The first-order valence-electron chi connectivity index (χ1n) is 7.78. The molecule has 9 heteroatoms. The number of hydrogen-bond donors (Lipinski definition) is 1. The van der Waals surface area contributed by atoms with E-state index in [0.717, 1.165) is 4.68 Å². The fourth-order valence-electron chi connectivity index (χ4n) is 2.50. The first-order chi connectivity index (χ1) is 12.4. The fraction of sp³-hybridized carbons (Fsp3) is 0.294. The molecule has 3 rings (SSSR count). The molecule has 0 unspecified atom stereocenters. The molecule has 0 bridgehead atoms. The summed E-state index contributed by atoms with van der Waals surface area (Å²) in [6.45, 7) is 3.92. The number of rotatable bonds is 3. The van der Waals surface area contributed by atoms with Gasteiger partial charge in [0.05, 0.1) is 11.4 Å². The first kappa shape index (κ1) is 17.9. The number of fused-ring (bicyclic) bond motifs is 1. The topological polar surface area (TPSA) is 106 Å². The fourth-order valence-corrected chi connectivity index (χ4v) is 2.92. The lowest BCUT2D eigenvalue weighted by molar-refractivity contribution is -0.117. The Bertz CT molecular complexity index is 994. The standard InChI is InChI=1S/C17H15BrN4O4/c1-9-10(2)21-22(17(24)11(9)7-19)8-16(23)20-13-6-15-14(5-12(13)18)25-3-4-26-15/h5-6H,3-4,8H2,1-2H3,(H,20,23).